The number of hydrogen-bond donors (Lipinski definition) is 4. The number of aromatic hydroxyl groups is 1. The van der Waals surface area contributed by atoms with Gasteiger partial charge in [0.25, 0.3) is 0 Å². The number of hydrogen-bond acceptors (Lipinski definition) is 8. The first-order valence-electron chi connectivity index (χ1n) is 12.1. The number of aromatic nitrogens is 5. The lowest BCUT2D eigenvalue weighted by Crippen LogP contribution is -2.37. The Hall–Kier alpha value is -3.96. The molecule has 4 heterocycles. The Balaban J connectivity index is 1.38. The highest BCUT2D eigenvalue weighted by Gasteiger charge is 2.21. The lowest BCUT2D eigenvalue weighted by molar-refractivity contribution is -0.0141. The van der Waals surface area contributed by atoms with Crippen LogP contribution in [0.2, 0.25) is 0 Å². The van der Waals surface area contributed by atoms with Gasteiger partial charge in [-0.25, -0.2) is 9.78 Å². The third-order valence-electron chi connectivity index (χ3n) is 6.47. The van der Waals surface area contributed by atoms with Crippen molar-refractivity contribution in [3.63, 3.8) is 0 Å². The summed E-state index contributed by atoms with van der Waals surface area (Å²) < 4.78 is 7.58. The number of rotatable bonds is 7. The maximum atomic E-state index is 11.6. The smallest absolute Gasteiger partial charge is 0.326 e. The number of likely N-dealkylation sites (tertiary alicyclic amines) is 1. The first-order valence-corrected chi connectivity index (χ1v) is 12.1. The van der Waals surface area contributed by atoms with Gasteiger partial charge in [0.1, 0.15) is 24.3 Å². The molecular weight excluding hydrogens is 462 g/mol. The molecule has 1 aliphatic carbocycles. The zero-order valence-electron chi connectivity index (χ0n) is 19.6. The molecular formula is C25H27N7O4. The molecule has 0 spiro atoms. The van der Waals surface area contributed by atoms with E-state index in [2.05, 4.69) is 15.1 Å². The first kappa shape index (κ1) is 22.5. The van der Waals surface area contributed by atoms with E-state index in [1.807, 2.05) is 35.2 Å². The van der Waals surface area contributed by atoms with Gasteiger partial charge in [-0.05, 0) is 43.9 Å². The minimum absolute atomic E-state index is 0.193. The first-order chi connectivity index (χ1) is 17.5. The van der Waals surface area contributed by atoms with Gasteiger partial charge in [0, 0.05) is 29.9 Å². The number of nitrogens with one attached hydrogen (secondary N) is 2. The summed E-state index contributed by atoms with van der Waals surface area (Å²) in [6, 6.07) is 9.76. The van der Waals surface area contributed by atoms with E-state index >= 15 is 0 Å². The molecule has 0 radical (unpaired) electrons. The predicted molar refractivity (Wildman–Crippen MR) is 131 cm³/mol. The SMILES string of the molecule is O=c1[nH]c(O)c(C=c2cnn3c(=NC4CC4)cc(-c4cccc(OCC(O)N5CCCC5)c4)nc23)[nH]1. The molecule has 4 aromatic rings. The van der Waals surface area contributed by atoms with Gasteiger partial charge in [0.15, 0.2) is 11.1 Å². The highest BCUT2D eigenvalue weighted by atomic mass is 16.5. The Morgan fingerprint density at radius 1 is 1.22 bits per heavy atom. The van der Waals surface area contributed by atoms with Gasteiger partial charge < -0.3 is 19.9 Å². The highest BCUT2D eigenvalue weighted by molar-refractivity contribution is 5.64. The van der Waals surface area contributed by atoms with E-state index in [-0.39, 0.29) is 24.2 Å². The molecule has 186 valence electrons. The number of aliphatic hydroxyl groups is 1. The fourth-order valence-corrected chi connectivity index (χ4v) is 4.40. The molecule has 4 N–H and O–H groups in total. The van der Waals surface area contributed by atoms with Crippen molar-refractivity contribution in [3.05, 3.63) is 63.4 Å². The number of imidazole rings is 1. The second-order valence-corrected chi connectivity index (χ2v) is 9.24. The van der Waals surface area contributed by atoms with E-state index < -0.39 is 11.9 Å². The minimum Gasteiger partial charge on any atom is -0.493 e. The predicted octanol–water partition coefficient (Wildman–Crippen LogP) is 0.522. The molecule has 11 nitrogen and oxygen atoms in total. The van der Waals surface area contributed by atoms with Gasteiger partial charge >= 0.3 is 5.69 Å². The fourth-order valence-electron chi connectivity index (χ4n) is 4.40. The zero-order chi connectivity index (χ0) is 24.6. The molecule has 1 saturated heterocycles. The number of aliphatic hydroxyl groups excluding tert-OH is 1. The van der Waals surface area contributed by atoms with Crippen LogP contribution in [0.5, 0.6) is 11.6 Å². The number of benzene rings is 1. The van der Waals surface area contributed by atoms with Crippen molar-refractivity contribution < 1.29 is 14.9 Å². The van der Waals surface area contributed by atoms with E-state index in [9.17, 15) is 15.0 Å². The molecule has 2 fully saturated rings. The number of ether oxygens (including phenoxy) is 1. The van der Waals surface area contributed by atoms with Crippen molar-refractivity contribution in [2.24, 2.45) is 4.99 Å². The molecule has 3 aromatic heterocycles. The maximum Gasteiger partial charge on any atom is 0.326 e. The van der Waals surface area contributed by atoms with Gasteiger partial charge in [-0.3, -0.25) is 14.9 Å². The number of H-pyrrole nitrogens is 2. The highest BCUT2D eigenvalue weighted by Crippen LogP contribution is 2.24. The van der Waals surface area contributed by atoms with Gasteiger partial charge in [-0.2, -0.15) is 9.61 Å². The van der Waals surface area contributed by atoms with Crippen LogP contribution in [0.15, 0.2) is 46.3 Å². The number of nitrogens with zero attached hydrogens (tertiary/aromatic N) is 5. The van der Waals surface area contributed by atoms with Crippen molar-refractivity contribution in [1.29, 1.82) is 0 Å². The summed E-state index contributed by atoms with van der Waals surface area (Å²) in [5, 5.41) is 25.5. The van der Waals surface area contributed by atoms with Crippen LogP contribution < -0.4 is 21.1 Å². The van der Waals surface area contributed by atoms with Gasteiger partial charge in [-0.15, -0.1) is 0 Å². The largest absolute Gasteiger partial charge is 0.493 e. The maximum absolute atomic E-state index is 11.6. The molecule has 2 aliphatic rings. The summed E-state index contributed by atoms with van der Waals surface area (Å²) in [7, 11) is 0. The van der Waals surface area contributed by atoms with Crippen LogP contribution in [0.4, 0.5) is 0 Å². The Labute approximate surface area is 205 Å². The standard InChI is InChI=1S/C25H27N7O4/c33-22(31-8-1-2-9-31)14-36-18-5-3-4-15(10-18)19-12-21(27-17-6-7-17)32-23(28-19)16(13-26-32)11-20-24(34)30-25(35)29-20/h3-5,10-13,17,22,33-34H,1-2,6-9,14H2,(H2,29,30,35). The summed E-state index contributed by atoms with van der Waals surface area (Å²) in [5.41, 5.74) is 2.50. The summed E-state index contributed by atoms with van der Waals surface area (Å²) in [4.78, 5) is 28.1. The third kappa shape index (κ3) is 4.62. The molecule has 1 aliphatic heterocycles. The summed E-state index contributed by atoms with van der Waals surface area (Å²) in [6.07, 6.45) is 6.90. The molecule has 1 atom stereocenters. The van der Waals surface area contributed by atoms with Crippen molar-refractivity contribution in [2.75, 3.05) is 19.7 Å². The van der Waals surface area contributed by atoms with Gasteiger partial charge in [0.2, 0.25) is 5.88 Å². The molecule has 0 amide bonds. The van der Waals surface area contributed by atoms with Crippen molar-refractivity contribution in [3.8, 4) is 22.9 Å². The Morgan fingerprint density at radius 2 is 2.06 bits per heavy atom. The minimum atomic E-state index is -0.629. The summed E-state index contributed by atoms with van der Waals surface area (Å²) >= 11 is 0. The Morgan fingerprint density at radius 3 is 2.81 bits per heavy atom. The summed E-state index contributed by atoms with van der Waals surface area (Å²) in [6.45, 7) is 1.97. The fraction of sp³-hybridized carbons (Fsp3) is 0.360. The number of fused-ring (bicyclic) bond motifs is 1. The van der Waals surface area contributed by atoms with Crippen LogP contribution in [-0.4, -0.2) is 71.6 Å². The van der Waals surface area contributed by atoms with Crippen LogP contribution in [0.25, 0.3) is 23.0 Å². The van der Waals surface area contributed by atoms with Crippen LogP contribution >= 0.6 is 0 Å². The van der Waals surface area contributed by atoms with E-state index in [1.165, 1.54) is 0 Å². The molecule has 1 unspecified atom stereocenters. The Kier molecular flexibility index (Phi) is 5.78. The van der Waals surface area contributed by atoms with Crippen LogP contribution in [0.1, 0.15) is 31.4 Å². The van der Waals surface area contributed by atoms with Gasteiger partial charge in [0.05, 0.1) is 17.9 Å². The third-order valence-corrected chi connectivity index (χ3v) is 6.47. The van der Waals surface area contributed by atoms with Gasteiger partial charge in [-0.1, -0.05) is 12.1 Å². The molecule has 11 heteroatoms. The molecule has 1 saturated carbocycles. The Bertz CT molecular complexity index is 1580. The molecule has 6 rings (SSSR count). The average molecular weight is 490 g/mol. The van der Waals surface area contributed by atoms with Crippen molar-refractivity contribution in [1.82, 2.24) is 29.5 Å². The molecule has 1 aromatic carbocycles. The lowest BCUT2D eigenvalue weighted by atomic mass is 10.1. The molecule has 36 heavy (non-hydrogen) atoms. The van der Waals surface area contributed by atoms with Crippen molar-refractivity contribution >= 4 is 11.7 Å². The van der Waals surface area contributed by atoms with Crippen LogP contribution in [-0.2, 0) is 0 Å². The normalized spacial score (nSPS) is 18.4. The summed E-state index contributed by atoms with van der Waals surface area (Å²) in [5.74, 6) is 0.391. The lowest BCUT2D eigenvalue weighted by Gasteiger charge is -2.22. The van der Waals surface area contributed by atoms with Crippen LogP contribution in [0, 0.1) is 0 Å². The van der Waals surface area contributed by atoms with E-state index in [1.54, 1.807) is 16.8 Å². The van der Waals surface area contributed by atoms with E-state index in [0.717, 1.165) is 44.3 Å². The van der Waals surface area contributed by atoms with Crippen LogP contribution in [0.3, 0.4) is 0 Å². The molecule has 0 bridgehead atoms. The average Bonchev–Trinajstić information content (AvgIpc) is 3.23. The van der Waals surface area contributed by atoms with E-state index in [0.29, 0.717) is 27.8 Å². The second kappa shape index (κ2) is 9.25. The second-order valence-electron chi connectivity index (χ2n) is 9.24. The zero-order valence-corrected chi connectivity index (χ0v) is 19.6. The quantitative estimate of drug-likeness (QED) is 0.296. The number of aromatic amines is 2. The van der Waals surface area contributed by atoms with E-state index in [4.69, 9.17) is 14.7 Å². The topological polar surface area (TPSA) is 144 Å². The van der Waals surface area contributed by atoms with Crippen molar-refractivity contribution in [2.45, 2.75) is 38.0 Å². The monoisotopic (exact) mass is 489 g/mol.